The first-order chi connectivity index (χ1) is 18.9. The van der Waals surface area contributed by atoms with Crippen LogP contribution in [-0.2, 0) is 0 Å². The van der Waals surface area contributed by atoms with Crippen molar-refractivity contribution in [2.45, 2.75) is 39.1 Å². The second-order valence-corrected chi connectivity index (χ2v) is 9.13. The highest BCUT2D eigenvalue weighted by molar-refractivity contribution is 5.99. The van der Waals surface area contributed by atoms with Crippen LogP contribution in [0.1, 0.15) is 50.2 Å². The maximum Gasteiger partial charge on any atom is 0.573 e. The van der Waals surface area contributed by atoms with Gasteiger partial charge in [-0.3, -0.25) is 9.59 Å². The summed E-state index contributed by atoms with van der Waals surface area (Å²) in [7, 11) is 0. The molecule has 0 fully saturated rings. The fourth-order valence-electron chi connectivity index (χ4n) is 4.39. The summed E-state index contributed by atoms with van der Waals surface area (Å²) in [6, 6.07) is 17.3. The van der Waals surface area contributed by atoms with E-state index in [9.17, 15) is 28.0 Å². The molecule has 0 aliphatic heterocycles. The summed E-state index contributed by atoms with van der Waals surface area (Å²) in [5, 5.41) is 12.1. The largest absolute Gasteiger partial charge is 0.573 e. The number of allylic oxidation sites excluding steroid dienone is 2. The number of nitriles is 1. The quantitative estimate of drug-likeness (QED) is 0.278. The predicted octanol–water partition coefficient (Wildman–Crippen LogP) is 6.64. The molecule has 3 N–H and O–H groups in total. The number of nitrogens with two attached hydrogens (primary N) is 1. The molecule has 0 aliphatic rings. The number of nitrogens with one attached hydrogen (secondary N) is 1. The molecule has 1 unspecified atom stereocenters. The van der Waals surface area contributed by atoms with Crippen LogP contribution in [0.2, 0.25) is 0 Å². The highest BCUT2D eigenvalue weighted by Crippen LogP contribution is 2.33. The van der Waals surface area contributed by atoms with E-state index in [0.29, 0.717) is 16.7 Å². The molecule has 0 heterocycles. The summed E-state index contributed by atoms with van der Waals surface area (Å²) >= 11 is 0. The summed E-state index contributed by atoms with van der Waals surface area (Å²) in [6.07, 6.45) is -1.52. The Labute approximate surface area is 230 Å². The number of rotatable bonds is 10. The lowest BCUT2D eigenvalue weighted by Gasteiger charge is -2.21. The number of aryl methyl sites for hydroxylation is 2. The van der Waals surface area contributed by atoms with Gasteiger partial charge in [-0.05, 0) is 77.9 Å². The maximum atomic E-state index is 13.4. The van der Waals surface area contributed by atoms with Crippen LogP contribution in [-0.4, -0.2) is 24.2 Å². The molecule has 0 saturated carbocycles. The lowest BCUT2D eigenvalue weighted by atomic mass is 9.93. The van der Waals surface area contributed by atoms with Crippen molar-refractivity contribution < 1.29 is 27.5 Å². The number of halogens is 3. The fourth-order valence-corrected chi connectivity index (χ4v) is 4.39. The van der Waals surface area contributed by atoms with E-state index >= 15 is 0 Å². The van der Waals surface area contributed by atoms with Gasteiger partial charge in [0.2, 0.25) is 5.91 Å². The Morgan fingerprint density at radius 1 is 1.07 bits per heavy atom. The van der Waals surface area contributed by atoms with E-state index in [0.717, 1.165) is 22.8 Å². The Hall–Kier alpha value is -4.84. The molecule has 40 heavy (non-hydrogen) atoms. The molecular formula is C31H28F3N3O3. The van der Waals surface area contributed by atoms with Crippen LogP contribution in [0.25, 0.3) is 16.7 Å². The van der Waals surface area contributed by atoms with Gasteiger partial charge in [-0.1, -0.05) is 55.1 Å². The van der Waals surface area contributed by atoms with Crippen molar-refractivity contribution in [3.63, 3.8) is 0 Å². The topological polar surface area (TPSA) is 105 Å². The van der Waals surface area contributed by atoms with Crippen LogP contribution >= 0.6 is 0 Å². The van der Waals surface area contributed by atoms with Crippen molar-refractivity contribution in [1.29, 1.82) is 5.26 Å². The van der Waals surface area contributed by atoms with Gasteiger partial charge in [-0.15, -0.1) is 13.2 Å². The Morgan fingerprint density at radius 2 is 1.80 bits per heavy atom. The first-order valence-electron chi connectivity index (χ1n) is 12.3. The molecule has 1 atom stereocenters. The summed E-state index contributed by atoms with van der Waals surface area (Å²) in [6.45, 7) is 7.38. The predicted molar refractivity (Wildman–Crippen MR) is 147 cm³/mol. The number of nitrogens with zero attached hydrogens (tertiary/aromatic N) is 1. The van der Waals surface area contributed by atoms with Gasteiger partial charge < -0.3 is 15.8 Å². The highest BCUT2D eigenvalue weighted by Gasteiger charge is 2.33. The van der Waals surface area contributed by atoms with Gasteiger partial charge in [0.05, 0.1) is 18.1 Å². The molecule has 2 amide bonds. The number of benzene rings is 3. The third kappa shape index (κ3) is 7.60. The minimum Gasteiger partial charge on any atom is -0.405 e. The van der Waals surface area contributed by atoms with Crippen molar-refractivity contribution in [1.82, 2.24) is 5.32 Å². The van der Waals surface area contributed by atoms with Crippen LogP contribution < -0.4 is 15.8 Å². The van der Waals surface area contributed by atoms with E-state index in [1.165, 1.54) is 18.2 Å². The lowest BCUT2D eigenvalue weighted by molar-refractivity contribution is -0.274. The van der Waals surface area contributed by atoms with Crippen LogP contribution in [0.4, 0.5) is 13.2 Å². The first-order valence-corrected chi connectivity index (χ1v) is 12.3. The summed E-state index contributed by atoms with van der Waals surface area (Å²) in [4.78, 5) is 24.9. The van der Waals surface area contributed by atoms with Crippen LogP contribution in [0, 0.1) is 25.2 Å². The zero-order valence-electron chi connectivity index (χ0n) is 22.0. The minimum atomic E-state index is -5.04. The molecule has 0 aromatic heterocycles. The Balaban J connectivity index is 2.00. The number of hydrogen-bond acceptors (Lipinski definition) is 4. The monoisotopic (exact) mass is 547 g/mol. The Bertz CT molecular complexity index is 1500. The highest BCUT2D eigenvalue weighted by atomic mass is 19.4. The van der Waals surface area contributed by atoms with Crippen molar-refractivity contribution in [2.24, 2.45) is 5.73 Å². The average molecular weight is 548 g/mol. The van der Waals surface area contributed by atoms with E-state index in [2.05, 4.69) is 16.6 Å². The first kappa shape index (κ1) is 29.7. The van der Waals surface area contributed by atoms with Crippen LogP contribution in [0.3, 0.4) is 0 Å². The second-order valence-electron chi connectivity index (χ2n) is 9.13. The van der Waals surface area contributed by atoms with Crippen molar-refractivity contribution in [2.75, 3.05) is 0 Å². The van der Waals surface area contributed by atoms with Gasteiger partial charge in [0.15, 0.2) is 0 Å². The van der Waals surface area contributed by atoms with Crippen molar-refractivity contribution in [3.05, 3.63) is 107 Å². The van der Waals surface area contributed by atoms with E-state index < -0.39 is 30.0 Å². The fraction of sp³-hybridized carbons (Fsp3) is 0.194. The molecule has 0 radical (unpaired) electrons. The third-order valence-corrected chi connectivity index (χ3v) is 6.22. The van der Waals surface area contributed by atoms with E-state index in [4.69, 9.17) is 5.73 Å². The molecule has 3 aromatic rings. The SMILES string of the molecule is C=C/C=C(/CC(CC#N)NC(=O)c1cc(-c2ccc(C(N)=O)cc2C)ccc1OC(F)(F)F)c1ccccc1C. The molecular weight excluding hydrogens is 519 g/mol. The van der Waals surface area contributed by atoms with Gasteiger partial charge in [0.1, 0.15) is 5.75 Å². The van der Waals surface area contributed by atoms with Gasteiger partial charge in [0, 0.05) is 11.6 Å². The average Bonchev–Trinajstić information content (AvgIpc) is 2.88. The zero-order chi connectivity index (χ0) is 29.4. The zero-order valence-corrected chi connectivity index (χ0v) is 22.0. The molecule has 0 saturated heterocycles. The number of carbonyl (C=O) groups excluding carboxylic acids is 2. The summed E-state index contributed by atoms with van der Waals surface area (Å²) in [5.74, 6) is -2.14. The number of carbonyl (C=O) groups is 2. The number of primary amides is 1. The Kier molecular flexibility index (Phi) is 9.51. The van der Waals surface area contributed by atoms with E-state index in [-0.39, 0.29) is 24.0 Å². The Morgan fingerprint density at radius 3 is 2.40 bits per heavy atom. The lowest BCUT2D eigenvalue weighted by Crippen LogP contribution is -2.35. The minimum absolute atomic E-state index is 0.0883. The molecule has 9 heteroatoms. The van der Waals surface area contributed by atoms with E-state index in [1.807, 2.05) is 37.3 Å². The van der Waals surface area contributed by atoms with Crippen molar-refractivity contribution in [3.8, 4) is 22.9 Å². The molecule has 3 rings (SSSR count). The smallest absolute Gasteiger partial charge is 0.405 e. The second kappa shape index (κ2) is 12.8. The molecule has 0 aliphatic carbocycles. The summed E-state index contributed by atoms with van der Waals surface area (Å²) < 4.78 is 43.8. The van der Waals surface area contributed by atoms with Gasteiger partial charge in [-0.2, -0.15) is 5.26 Å². The van der Waals surface area contributed by atoms with Crippen molar-refractivity contribution >= 4 is 17.4 Å². The number of hydrogen-bond donors (Lipinski definition) is 2. The number of alkyl halides is 3. The normalized spacial score (nSPS) is 12.2. The van der Waals surface area contributed by atoms with E-state index in [1.54, 1.807) is 31.2 Å². The maximum absolute atomic E-state index is 13.4. The molecule has 6 nitrogen and oxygen atoms in total. The van der Waals surface area contributed by atoms with Gasteiger partial charge in [0.25, 0.3) is 5.91 Å². The number of ether oxygens (including phenoxy) is 1. The molecule has 0 spiro atoms. The van der Waals surface area contributed by atoms with Gasteiger partial charge >= 0.3 is 6.36 Å². The van der Waals surface area contributed by atoms with Gasteiger partial charge in [-0.25, -0.2) is 0 Å². The molecule has 3 aromatic carbocycles. The summed E-state index contributed by atoms with van der Waals surface area (Å²) in [5.41, 5.74) is 9.57. The molecule has 0 bridgehead atoms. The van der Waals surface area contributed by atoms with Crippen LogP contribution in [0.5, 0.6) is 5.75 Å². The number of amides is 2. The standard InChI is InChI=1S/C31H28F3N3O3/c1-4-7-21(25-9-6-5-8-19(25)2)17-24(14-15-35)37-30(39)27-18-22(11-13-28(27)40-31(32,33)34)26-12-10-23(29(36)38)16-20(26)3/h4-13,16,18,24H,1,14,17H2,2-3H3,(H2,36,38)(H,37,39)/b21-7-. The third-order valence-electron chi connectivity index (χ3n) is 6.22. The molecule has 206 valence electrons. The van der Waals surface area contributed by atoms with Crippen LogP contribution in [0.15, 0.2) is 79.4 Å².